The number of hydrogen-bond acceptors (Lipinski definition) is 21. The number of pyridine rings is 6. The molecular formula is C50H50Cl3F6N13O10. The third kappa shape index (κ3) is 22.3. The van der Waals surface area contributed by atoms with E-state index >= 15 is 0 Å². The number of carboxylic acids is 1. The number of aromatic nitrogens is 6. The number of nitrogens with one attached hydrogen (secondary N) is 6. The quantitative estimate of drug-likeness (QED) is 0.0244. The molecule has 438 valence electrons. The van der Waals surface area contributed by atoms with Crippen LogP contribution in [0.4, 0.5) is 71.6 Å². The molecule has 6 heterocycles. The number of amides is 1. The van der Waals surface area contributed by atoms with Gasteiger partial charge in [-0.25, -0.2) is 80.2 Å². The maximum absolute atomic E-state index is 13.4. The van der Waals surface area contributed by atoms with E-state index in [1.54, 1.807) is 21.1 Å². The Balaban J connectivity index is 0.000000341. The van der Waals surface area contributed by atoms with Crippen molar-refractivity contribution in [1.29, 1.82) is 0 Å². The fourth-order valence-corrected chi connectivity index (χ4v) is 6.00. The number of benzene rings is 1. The summed E-state index contributed by atoms with van der Waals surface area (Å²) in [4.78, 5) is 76.6. The van der Waals surface area contributed by atoms with Crippen LogP contribution < -0.4 is 37.6 Å². The highest BCUT2D eigenvalue weighted by molar-refractivity contribution is 6.34. The number of carbonyl (C=O) groups is 5. The number of aromatic carboxylic acids is 1. The van der Waals surface area contributed by atoms with Crippen LogP contribution in [0.3, 0.4) is 0 Å². The highest BCUT2D eigenvalue weighted by Gasteiger charge is 2.18. The second-order valence-corrected chi connectivity index (χ2v) is 15.8. The molecule has 23 nitrogen and oxygen atoms in total. The van der Waals surface area contributed by atoms with E-state index in [0.29, 0.717) is 5.69 Å². The number of ether oxygens (including phenoxy) is 4. The van der Waals surface area contributed by atoms with Crippen molar-refractivity contribution in [3.8, 4) is 0 Å². The first kappa shape index (κ1) is 68.6. The van der Waals surface area contributed by atoms with Crippen LogP contribution in [-0.4, -0.2) is 122 Å². The normalized spacial score (nSPS) is 9.67. The zero-order valence-corrected chi connectivity index (χ0v) is 46.4. The summed E-state index contributed by atoms with van der Waals surface area (Å²) in [6.45, 7) is 0.150. The lowest BCUT2D eigenvalue weighted by Gasteiger charge is -2.08. The molecular weight excluding hydrogens is 1160 g/mol. The molecule has 1 aromatic carbocycles. The van der Waals surface area contributed by atoms with Gasteiger partial charge in [0.1, 0.15) is 22.5 Å². The van der Waals surface area contributed by atoms with E-state index in [-0.39, 0.29) is 79.1 Å². The van der Waals surface area contributed by atoms with Gasteiger partial charge in [-0.3, -0.25) is 5.32 Å². The Morgan fingerprint density at radius 1 is 0.512 bits per heavy atom. The second kappa shape index (κ2) is 35.2. The number of esters is 3. The maximum atomic E-state index is 13.4. The lowest BCUT2D eigenvalue weighted by Crippen LogP contribution is -2.14. The van der Waals surface area contributed by atoms with Crippen molar-refractivity contribution in [3.05, 3.63) is 170 Å². The van der Waals surface area contributed by atoms with Gasteiger partial charge in [-0.2, -0.15) is 0 Å². The van der Waals surface area contributed by atoms with Gasteiger partial charge < -0.3 is 56.4 Å². The first-order valence-corrected chi connectivity index (χ1v) is 23.7. The summed E-state index contributed by atoms with van der Waals surface area (Å²) >= 11 is 16.5. The van der Waals surface area contributed by atoms with Crippen molar-refractivity contribution in [2.45, 2.75) is 6.61 Å². The van der Waals surface area contributed by atoms with Crippen LogP contribution in [0.25, 0.3) is 0 Å². The lowest BCUT2D eigenvalue weighted by atomic mass is 10.2. The first-order chi connectivity index (χ1) is 38.9. The molecule has 6 aromatic heterocycles. The second-order valence-electron chi connectivity index (χ2n) is 14.7. The van der Waals surface area contributed by atoms with Gasteiger partial charge in [0.2, 0.25) is 0 Å². The molecule has 0 atom stereocenters. The predicted molar refractivity (Wildman–Crippen MR) is 294 cm³/mol. The fraction of sp³-hybridized carbons (Fsp3) is 0.180. The number of carboxylic acid groups (broad SMARTS) is 1. The van der Waals surface area contributed by atoms with Gasteiger partial charge in [-0.05, 0) is 29.8 Å². The van der Waals surface area contributed by atoms with E-state index in [9.17, 15) is 50.3 Å². The Labute approximate surface area is 478 Å². The molecule has 0 saturated carbocycles. The molecule has 0 aliphatic heterocycles. The highest BCUT2D eigenvalue weighted by atomic mass is 35.5. The molecule has 0 bridgehead atoms. The molecule has 1 amide bonds. The van der Waals surface area contributed by atoms with Gasteiger partial charge in [-0.15, -0.1) is 0 Å². The number of nitrogens with zero attached hydrogens (tertiary/aromatic N) is 6. The van der Waals surface area contributed by atoms with E-state index in [4.69, 9.17) is 50.4 Å². The summed E-state index contributed by atoms with van der Waals surface area (Å²) in [5, 5.41) is 22.9. The number of nitrogen functional groups attached to an aromatic ring is 1. The monoisotopic (exact) mass is 1210 g/mol. The molecule has 82 heavy (non-hydrogen) atoms. The first-order valence-electron chi connectivity index (χ1n) is 22.5. The van der Waals surface area contributed by atoms with Gasteiger partial charge in [0.25, 0.3) is 0 Å². The number of nitrogens with two attached hydrogens (primary N) is 1. The Bertz CT molecular complexity index is 3300. The smallest absolute Gasteiger partial charge is 0.412 e. The topological polar surface area (TPSA) is 318 Å². The van der Waals surface area contributed by atoms with Crippen molar-refractivity contribution in [2.75, 3.05) is 94.2 Å². The predicted octanol–water partition coefficient (Wildman–Crippen LogP) is 9.88. The van der Waals surface area contributed by atoms with Crippen LogP contribution in [0.15, 0.2) is 91.5 Å². The largest absolute Gasteiger partial charge is 0.478 e. The number of carbonyl (C=O) groups excluding carboxylic acids is 4. The van der Waals surface area contributed by atoms with Crippen LogP contribution in [-0.2, 0) is 25.6 Å². The van der Waals surface area contributed by atoms with Gasteiger partial charge in [-0.1, -0.05) is 65.1 Å². The Kier molecular flexibility index (Phi) is 29.5. The van der Waals surface area contributed by atoms with E-state index in [0.717, 1.165) is 43.1 Å². The third-order valence-corrected chi connectivity index (χ3v) is 10.2. The van der Waals surface area contributed by atoms with E-state index < -0.39 is 64.9 Å². The molecule has 0 saturated heterocycles. The number of hydrogen-bond donors (Lipinski definition) is 8. The van der Waals surface area contributed by atoms with Crippen LogP contribution in [0.2, 0.25) is 15.5 Å². The van der Waals surface area contributed by atoms with Gasteiger partial charge >= 0.3 is 30.0 Å². The molecule has 32 heteroatoms. The number of rotatable bonds is 12. The number of halogens is 9. The van der Waals surface area contributed by atoms with Crippen molar-refractivity contribution < 1.29 is 74.4 Å². The minimum atomic E-state index is -1.19. The van der Waals surface area contributed by atoms with Crippen molar-refractivity contribution in [2.24, 2.45) is 0 Å². The van der Waals surface area contributed by atoms with Crippen molar-refractivity contribution in [3.63, 3.8) is 0 Å². The summed E-state index contributed by atoms with van der Waals surface area (Å²) < 4.78 is 96.0. The zero-order chi connectivity index (χ0) is 61.6. The minimum Gasteiger partial charge on any atom is -0.478 e. The molecule has 0 aliphatic carbocycles. The molecule has 0 spiro atoms. The fourth-order valence-electron chi connectivity index (χ4n) is 5.39. The SMILES string of the molecule is CNc1nc(Cl)c(C(=O)OC)cc1F.CNc1ncc(C(=O)O)cc1F.CNc1ncc(C(=O)OC)cc1F.CNc1ncc(N)cc1F.CNc1ncc(NC(=O)OCc2ccccc2)cc1F.COC(=O)c1cc(F)c(Cl)nc1Cl. The average Bonchev–Trinajstić information content (AvgIpc) is 3.51. The number of anilines is 7. The lowest BCUT2D eigenvalue weighted by molar-refractivity contribution is 0.0591. The summed E-state index contributed by atoms with van der Waals surface area (Å²) in [5.41, 5.74) is 6.39. The average molecular weight is 1210 g/mol. The van der Waals surface area contributed by atoms with Crippen LogP contribution in [0.1, 0.15) is 47.0 Å². The van der Waals surface area contributed by atoms with Crippen LogP contribution in [0, 0.1) is 34.9 Å². The van der Waals surface area contributed by atoms with Crippen molar-refractivity contribution in [1.82, 2.24) is 29.9 Å². The summed E-state index contributed by atoms with van der Waals surface area (Å²) in [5.74, 6) is -6.49. The van der Waals surface area contributed by atoms with Crippen molar-refractivity contribution >= 4 is 105 Å². The molecule has 7 aromatic rings. The Hall–Kier alpha value is -9.48. The highest BCUT2D eigenvalue weighted by Crippen LogP contribution is 2.22. The Morgan fingerprint density at radius 2 is 0.927 bits per heavy atom. The molecule has 0 fully saturated rings. The standard InChI is InChI=1S/C14H14FN3O2.C8H8ClFN2O2.C8H9FN2O2.C7H4Cl2FNO2.C7H7FN2O2.C6H8FN3/c1-16-13-12(15)7-11(8-17-13)18-14(19)20-9-10-5-3-2-4-6-10;1-11-7-5(10)3-4(6(9)12-7)8(13)14-2;1-10-7-6(9)3-5(4-11-7)8(12)13-2;1-13-7(12)3-2-4(10)6(9)11-5(3)8;1-9-6-5(8)2-4(3-10-6)7(11)12;1-9-6-5(7)2-4(8)3-10-6/h2-8H,9H2,1H3,(H,16,17)(H,18,19);3H,1-2H3,(H,11,12);3-4H,1-2H3,(H,10,11);2H,1H3;2-3H,1H3,(H,9,10)(H,11,12);2-3H,8H2,1H3,(H,9,10). The third-order valence-electron chi connectivity index (χ3n) is 9.32. The van der Waals surface area contributed by atoms with Gasteiger partial charge in [0.05, 0.1) is 61.8 Å². The zero-order valence-electron chi connectivity index (χ0n) is 44.2. The van der Waals surface area contributed by atoms with E-state index in [2.05, 4.69) is 76.0 Å². The Morgan fingerprint density at radius 3 is 1.38 bits per heavy atom. The molecule has 0 aliphatic rings. The van der Waals surface area contributed by atoms with Gasteiger partial charge in [0, 0.05) is 59.8 Å². The molecule has 0 radical (unpaired) electrons. The summed E-state index contributed by atoms with van der Waals surface area (Å²) in [7, 11) is 11.3. The van der Waals surface area contributed by atoms with E-state index in [1.165, 1.54) is 59.0 Å². The maximum Gasteiger partial charge on any atom is 0.412 e. The summed E-state index contributed by atoms with van der Waals surface area (Å²) in [6, 6.07) is 15.5. The minimum absolute atomic E-state index is 0.0114. The van der Waals surface area contributed by atoms with Crippen LogP contribution >= 0.6 is 34.8 Å². The number of methoxy groups -OCH3 is 3. The summed E-state index contributed by atoms with van der Waals surface area (Å²) in [6.07, 6.45) is 4.43. The van der Waals surface area contributed by atoms with Gasteiger partial charge in [0.15, 0.2) is 69.1 Å². The van der Waals surface area contributed by atoms with Crippen LogP contribution in [0.5, 0.6) is 0 Å². The molecule has 0 unspecified atom stereocenters. The molecule has 7 rings (SSSR count). The molecule has 9 N–H and O–H groups in total. The van der Waals surface area contributed by atoms with E-state index in [1.807, 2.05) is 30.3 Å².